The SMILES string of the molecule is O=C(c1ccc(Br)o1)N1CC(Cn2ccnn2)C1. The molecule has 94 valence electrons. The number of carbonyl (C=O) groups excluding carboxylic acids is 1. The van der Waals surface area contributed by atoms with Gasteiger partial charge >= 0.3 is 0 Å². The summed E-state index contributed by atoms with van der Waals surface area (Å²) in [6, 6.07) is 3.40. The summed E-state index contributed by atoms with van der Waals surface area (Å²) < 4.78 is 7.60. The van der Waals surface area contributed by atoms with Crippen LogP contribution < -0.4 is 0 Å². The molecule has 0 N–H and O–H groups in total. The quantitative estimate of drug-likeness (QED) is 0.859. The van der Waals surface area contributed by atoms with Gasteiger partial charge in [0.1, 0.15) is 0 Å². The molecule has 6 nitrogen and oxygen atoms in total. The topological polar surface area (TPSA) is 64.2 Å². The fourth-order valence-corrected chi connectivity index (χ4v) is 2.34. The van der Waals surface area contributed by atoms with Crippen molar-refractivity contribution in [2.75, 3.05) is 13.1 Å². The van der Waals surface area contributed by atoms with Crippen molar-refractivity contribution in [2.24, 2.45) is 5.92 Å². The maximum Gasteiger partial charge on any atom is 0.289 e. The molecule has 3 heterocycles. The van der Waals surface area contributed by atoms with E-state index in [2.05, 4.69) is 26.2 Å². The lowest BCUT2D eigenvalue weighted by Gasteiger charge is -2.38. The van der Waals surface area contributed by atoms with Crippen LogP contribution in [0.25, 0.3) is 0 Å². The Morgan fingerprint density at radius 1 is 1.50 bits per heavy atom. The van der Waals surface area contributed by atoms with E-state index in [1.165, 1.54) is 0 Å². The summed E-state index contributed by atoms with van der Waals surface area (Å²) in [6.07, 6.45) is 3.48. The average Bonchev–Trinajstić information content (AvgIpc) is 2.93. The van der Waals surface area contributed by atoms with Gasteiger partial charge in [0.15, 0.2) is 10.4 Å². The second-order valence-corrected chi connectivity index (χ2v) is 5.09. The van der Waals surface area contributed by atoms with E-state index in [0.29, 0.717) is 16.3 Å². The molecule has 0 radical (unpaired) electrons. The fraction of sp³-hybridized carbons (Fsp3) is 0.364. The molecule has 1 fully saturated rings. The molecule has 0 unspecified atom stereocenters. The van der Waals surface area contributed by atoms with Gasteiger partial charge in [-0.25, -0.2) is 0 Å². The molecule has 0 aliphatic carbocycles. The molecule has 7 heteroatoms. The molecule has 2 aromatic rings. The van der Waals surface area contributed by atoms with Gasteiger partial charge in [0.2, 0.25) is 0 Å². The lowest BCUT2D eigenvalue weighted by atomic mass is 10.00. The van der Waals surface area contributed by atoms with Crippen LogP contribution in [0, 0.1) is 5.92 Å². The molecule has 0 spiro atoms. The van der Waals surface area contributed by atoms with E-state index in [9.17, 15) is 4.79 Å². The Bertz CT molecular complexity index is 545. The van der Waals surface area contributed by atoms with Gasteiger partial charge in [-0.15, -0.1) is 5.10 Å². The Morgan fingerprint density at radius 3 is 2.94 bits per heavy atom. The van der Waals surface area contributed by atoms with E-state index in [-0.39, 0.29) is 5.91 Å². The number of hydrogen-bond donors (Lipinski definition) is 0. The van der Waals surface area contributed by atoms with Gasteiger partial charge < -0.3 is 9.32 Å². The highest BCUT2D eigenvalue weighted by molar-refractivity contribution is 9.10. The molecule has 1 aliphatic heterocycles. The van der Waals surface area contributed by atoms with Crippen molar-refractivity contribution >= 4 is 21.8 Å². The summed E-state index contributed by atoms with van der Waals surface area (Å²) in [5, 5.41) is 7.66. The maximum atomic E-state index is 12.0. The zero-order valence-electron chi connectivity index (χ0n) is 9.49. The zero-order valence-corrected chi connectivity index (χ0v) is 11.1. The van der Waals surface area contributed by atoms with Crippen molar-refractivity contribution in [3.05, 3.63) is 35.0 Å². The van der Waals surface area contributed by atoms with Crippen molar-refractivity contribution in [1.29, 1.82) is 0 Å². The van der Waals surface area contributed by atoms with Crippen LogP contribution in [-0.2, 0) is 6.54 Å². The van der Waals surface area contributed by atoms with Crippen molar-refractivity contribution in [2.45, 2.75) is 6.54 Å². The van der Waals surface area contributed by atoms with E-state index in [1.807, 2.05) is 6.20 Å². The lowest BCUT2D eigenvalue weighted by molar-refractivity contribution is 0.0428. The van der Waals surface area contributed by atoms with Crippen molar-refractivity contribution in [3.8, 4) is 0 Å². The van der Waals surface area contributed by atoms with E-state index < -0.39 is 0 Å². The monoisotopic (exact) mass is 310 g/mol. The van der Waals surface area contributed by atoms with Gasteiger partial charge in [0.25, 0.3) is 5.91 Å². The van der Waals surface area contributed by atoms with Crippen LogP contribution in [0.2, 0.25) is 0 Å². The summed E-state index contributed by atoms with van der Waals surface area (Å²) in [7, 11) is 0. The number of amides is 1. The Morgan fingerprint density at radius 2 is 2.33 bits per heavy atom. The van der Waals surface area contributed by atoms with Gasteiger partial charge in [-0.3, -0.25) is 9.48 Å². The van der Waals surface area contributed by atoms with Crippen molar-refractivity contribution in [1.82, 2.24) is 19.9 Å². The number of halogens is 1. The van der Waals surface area contributed by atoms with Crippen molar-refractivity contribution in [3.63, 3.8) is 0 Å². The molecule has 0 atom stereocenters. The Kier molecular flexibility index (Phi) is 2.91. The predicted octanol–water partition coefficient (Wildman–Crippen LogP) is 1.41. The highest BCUT2D eigenvalue weighted by Gasteiger charge is 2.32. The number of hydrogen-bond acceptors (Lipinski definition) is 4. The number of rotatable bonds is 3. The Labute approximate surface area is 112 Å². The summed E-state index contributed by atoms with van der Waals surface area (Å²) in [4.78, 5) is 13.7. The molecule has 2 aromatic heterocycles. The van der Waals surface area contributed by atoms with E-state index in [4.69, 9.17) is 4.42 Å². The van der Waals surface area contributed by atoms with Crippen molar-refractivity contribution < 1.29 is 9.21 Å². The molecule has 3 rings (SSSR count). The lowest BCUT2D eigenvalue weighted by Crippen LogP contribution is -2.51. The van der Waals surface area contributed by atoms with Gasteiger partial charge in [0, 0.05) is 31.7 Å². The highest BCUT2D eigenvalue weighted by atomic mass is 79.9. The second-order valence-electron chi connectivity index (χ2n) is 4.31. The summed E-state index contributed by atoms with van der Waals surface area (Å²) in [6.45, 7) is 2.26. The van der Waals surface area contributed by atoms with Crippen LogP contribution in [0.1, 0.15) is 10.6 Å². The summed E-state index contributed by atoms with van der Waals surface area (Å²) >= 11 is 3.19. The molecule has 0 saturated carbocycles. The van der Waals surface area contributed by atoms with Gasteiger partial charge in [-0.2, -0.15) is 0 Å². The zero-order chi connectivity index (χ0) is 12.5. The molecule has 0 aromatic carbocycles. The van der Waals surface area contributed by atoms with Crippen LogP contribution in [0.5, 0.6) is 0 Å². The van der Waals surface area contributed by atoms with Gasteiger partial charge in [0.05, 0.1) is 6.20 Å². The predicted molar refractivity (Wildman–Crippen MR) is 65.8 cm³/mol. The van der Waals surface area contributed by atoms with Crippen LogP contribution in [0.3, 0.4) is 0 Å². The highest BCUT2D eigenvalue weighted by Crippen LogP contribution is 2.22. The number of nitrogens with zero attached hydrogens (tertiary/aromatic N) is 4. The average molecular weight is 311 g/mol. The molecular weight excluding hydrogens is 300 g/mol. The standard InChI is InChI=1S/C11H11BrN4O2/c12-10-2-1-9(18-10)11(17)15-5-8(6-15)7-16-4-3-13-14-16/h1-4,8H,5-7H2. The molecule has 1 aliphatic rings. The number of furan rings is 1. The molecule has 1 amide bonds. The fourth-order valence-electron chi connectivity index (χ4n) is 2.03. The van der Waals surface area contributed by atoms with E-state index >= 15 is 0 Å². The molecule has 18 heavy (non-hydrogen) atoms. The van der Waals surface area contributed by atoms with E-state index in [1.54, 1.807) is 27.9 Å². The normalized spacial score (nSPS) is 15.7. The number of likely N-dealkylation sites (tertiary alicyclic amines) is 1. The smallest absolute Gasteiger partial charge is 0.289 e. The largest absolute Gasteiger partial charge is 0.444 e. The summed E-state index contributed by atoms with van der Waals surface area (Å²) in [5.41, 5.74) is 0. The first-order valence-corrected chi connectivity index (χ1v) is 6.40. The van der Waals surface area contributed by atoms with Gasteiger partial charge in [-0.1, -0.05) is 5.21 Å². The Balaban J connectivity index is 1.54. The minimum Gasteiger partial charge on any atom is -0.444 e. The van der Waals surface area contributed by atoms with Crippen LogP contribution >= 0.6 is 15.9 Å². The molecule has 1 saturated heterocycles. The van der Waals surface area contributed by atoms with E-state index in [0.717, 1.165) is 19.6 Å². The maximum absolute atomic E-state index is 12.0. The second kappa shape index (κ2) is 4.56. The van der Waals surface area contributed by atoms with Gasteiger partial charge in [-0.05, 0) is 28.1 Å². The third kappa shape index (κ3) is 2.17. The third-order valence-corrected chi connectivity index (χ3v) is 3.37. The number of carbonyl (C=O) groups is 1. The minimum absolute atomic E-state index is 0.0597. The minimum atomic E-state index is -0.0597. The van der Waals surface area contributed by atoms with Crippen LogP contribution in [0.4, 0.5) is 0 Å². The van der Waals surface area contributed by atoms with Crippen LogP contribution in [0.15, 0.2) is 33.6 Å². The molecular formula is C11H11BrN4O2. The first kappa shape index (κ1) is 11.5. The molecule has 0 bridgehead atoms. The number of aromatic nitrogens is 3. The third-order valence-electron chi connectivity index (χ3n) is 2.95. The Hall–Kier alpha value is -1.63. The summed E-state index contributed by atoms with van der Waals surface area (Å²) in [5.74, 6) is 0.755. The van der Waals surface area contributed by atoms with Crippen LogP contribution in [-0.4, -0.2) is 38.9 Å². The first-order chi connectivity index (χ1) is 8.72. The first-order valence-electron chi connectivity index (χ1n) is 5.61.